The van der Waals surface area contributed by atoms with Crippen LogP contribution in [-0.2, 0) is 16.1 Å². The topological polar surface area (TPSA) is 52.7 Å². The molecule has 0 radical (unpaired) electrons. The fraction of sp³-hybridized carbons (Fsp3) is 0.556. The van der Waals surface area contributed by atoms with E-state index in [1.807, 2.05) is 11.0 Å². The Labute approximate surface area is 202 Å². The smallest absolute Gasteiger partial charge is 0.246 e. The van der Waals surface area contributed by atoms with Crippen LogP contribution in [0.2, 0.25) is 0 Å². The van der Waals surface area contributed by atoms with Gasteiger partial charge in [-0.3, -0.25) is 14.5 Å². The largest absolute Gasteiger partial charge is 0.342 e. The van der Waals surface area contributed by atoms with Gasteiger partial charge in [-0.2, -0.15) is 0 Å². The molecule has 1 spiro atoms. The summed E-state index contributed by atoms with van der Waals surface area (Å²) in [5.41, 5.74) is 1.83. The predicted octanol–water partition coefficient (Wildman–Crippen LogP) is 4.92. The van der Waals surface area contributed by atoms with Crippen molar-refractivity contribution in [3.05, 3.63) is 46.7 Å². The number of hydrogen-bond donors (Lipinski definition) is 1. The van der Waals surface area contributed by atoms with Crippen LogP contribution < -0.4 is 5.32 Å². The summed E-state index contributed by atoms with van der Waals surface area (Å²) in [6, 6.07) is 12.4. The maximum absolute atomic E-state index is 13.4. The van der Waals surface area contributed by atoms with E-state index in [4.69, 9.17) is 0 Å². The van der Waals surface area contributed by atoms with Crippen molar-refractivity contribution in [1.29, 1.82) is 0 Å². The summed E-state index contributed by atoms with van der Waals surface area (Å²) in [5, 5.41) is 5.33. The molecule has 178 valence electrons. The lowest BCUT2D eigenvalue weighted by atomic mass is 9.80. The minimum atomic E-state index is -0.680. The molecular formula is C27H37N3O2S. The van der Waals surface area contributed by atoms with Crippen LogP contribution in [0.5, 0.6) is 0 Å². The lowest BCUT2D eigenvalue weighted by Gasteiger charge is -2.52. The van der Waals surface area contributed by atoms with E-state index >= 15 is 0 Å². The fourth-order valence-electron chi connectivity index (χ4n) is 5.19. The number of carbonyl (C=O) groups excluding carboxylic acids is 2. The van der Waals surface area contributed by atoms with Crippen molar-refractivity contribution in [3.8, 4) is 11.1 Å². The second-order valence-corrected chi connectivity index (χ2v) is 11.0. The number of carbonyl (C=O) groups is 2. The number of piperazine rings is 1. The van der Waals surface area contributed by atoms with E-state index in [-0.39, 0.29) is 17.9 Å². The summed E-state index contributed by atoms with van der Waals surface area (Å²) in [5.74, 6) is 0.552. The number of rotatable bonds is 8. The molecule has 2 amide bonds. The molecule has 2 aliphatic heterocycles. The first-order valence-electron chi connectivity index (χ1n) is 12.4. The number of benzene rings is 1. The molecule has 1 aromatic carbocycles. The normalized spacial score (nSPS) is 21.1. The summed E-state index contributed by atoms with van der Waals surface area (Å²) in [4.78, 5) is 32.5. The Morgan fingerprint density at radius 3 is 2.52 bits per heavy atom. The first kappa shape index (κ1) is 24.0. The van der Waals surface area contributed by atoms with Crippen molar-refractivity contribution in [2.75, 3.05) is 19.6 Å². The lowest BCUT2D eigenvalue weighted by molar-refractivity contribution is -0.161. The van der Waals surface area contributed by atoms with Gasteiger partial charge in [-0.1, -0.05) is 57.5 Å². The third-order valence-corrected chi connectivity index (χ3v) is 8.00. The van der Waals surface area contributed by atoms with Gasteiger partial charge >= 0.3 is 0 Å². The van der Waals surface area contributed by atoms with Crippen LogP contribution in [0, 0.1) is 5.92 Å². The van der Waals surface area contributed by atoms with Gasteiger partial charge in [0.2, 0.25) is 11.8 Å². The lowest BCUT2D eigenvalue weighted by Crippen LogP contribution is -2.73. The highest BCUT2D eigenvalue weighted by molar-refractivity contribution is 7.10. The Kier molecular flexibility index (Phi) is 7.55. The number of unbranched alkanes of at least 4 members (excludes halogenated alkanes) is 1. The van der Waals surface area contributed by atoms with Crippen LogP contribution in [0.15, 0.2) is 41.8 Å². The average Bonchev–Trinajstić information content (AvgIpc) is 3.28. The fourth-order valence-corrected chi connectivity index (χ4v) is 6.13. The van der Waals surface area contributed by atoms with Crippen LogP contribution in [0.1, 0.15) is 57.8 Å². The summed E-state index contributed by atoms with van der Waals surface area (Å²) in [6.07, 6.45) is 4.08. The molecule has 1 atom stereocenters. The van der Waals surface area contributed by atoms with Crippen LogP contribution in [0.25, 0.3) is 11.1 Å². The summed E-state index contributed by atoms with van der Waals surface area (Å²) < 4.78 is 0. The van der Waals surface area contributed by atoms with E-state index in [1.54, 1.807) is 11.3 Å². The molecule has 0 saturated carbocycles. The second kappa shape index (κ2) is 10.4. The van der Waals surface area contributed by atoms with E-state index < -0.39 is 5.54 Å². The molecule has 2 saturated heterocycles. The quantitative estimate of drug-likeness (QED) is 0.599. The zero-order chi connectivity index (χ0) is 23.4. The number of amides is 2. The molecule has 0 bridgehead atoms. The number of hydrogen-bond acceptors (Lipinski definition) is 4. The minimum absolute atomic E-state index is 0.0611. The molecule has 6 heteroatoms. The molecule has 1 N–H and O–H groups in total. The van der Waals surface area contributed by atoms with Gasteiger partial charge in [-0.25, -0.2) is 0 Å². The summed E-state index contributed by atoms with van der Waals surface area (Å²) in [6.45, 7) is 9.59. The summed E-state index contributed by atoms with van der Waals surface area (Å²) >= 11 is 1.80. The van der Waals surface area contributed by atoms with Crippen LogP contribution in [0.3, 0.4) is 0 Å². The van der Waals surface area contributed by atoms with Crippen molar-refractivity contribution < 1.29 is 9.59 Å². The Hall–Kier alpha value is -2.18. The van der Waals surface area contributed by atoms with Crippen molar-refractivity contribution in [1.82, 2.24) is 15.1 Å². The maximum Gasteiger partial charge on any atom is 0.246 e. The standard InChI is InChI=1S/C27H37N3O2S/c1-4-5-13-30-25(31)24(16-20(2)3)28-26(32)27(30)11-14-29(15-12-27)18-23-17-22(19-33-23)21-9-7-6-8-10-21/h6-10,17,19-20,24H,4-5,11-16,18H2,1-3H3,(H,28,32)/t24-/m0/s1. The van der Waals surface area contributed by atoms with Gasteiger partial charge in [-0.05, 0) is 54.2 Å². The van der Waals surface area contributed by atoms with E-state index in [0.29, 0.717) is 31.7 Å². The third-order valence-electron chi connectivity index (χ3n) is 7.07. The van der Waals surface area contributed by atoms with Gasteiger partial charge in [0, 0.05) is 31.1 Å². The van der Waals surface area contributed by atoms with Gasteiger partial charge in [0.1, 0.15) is 11.6 Å². The van der Waals surface area contributed by atoms with Crippen LogP contribution in [0.4, 0.5) is 0 Å². The molecule has 5 nitrogen and oxygen atoms in total. The SMILES string of the molecule is CCCCN1C(=O)[C@H](CC(C)C)NC(=O)C12CCN(Cc1cc(-c3ccccc3)cs1)CC2. The van der Waals surface area contributed by atoms with Gasteiger partial charge in [0.15, 0.2) is 0 Å². The Morgan fingerprint density at radius 1 is 1.12 bits per heavy atom. The number of thiophene rings is 1. The highest BCUT2D eigenvalue weighted by atomic mass is 32.1. The number of nitrogens with zero attached hydrogens (tertiary/aromatic N) is 2. The van der Waals surface area contributed by atoms with Crippen LogP contribution in [-0.4, -0.2) is 52.8 Å². The number of piperidine rings is 1. The third kappa shape index (κ3) is 5.17. The molecule has 0 aliphatic carbocycles. The monoisotopic (exact) mass is 467 g/mol. The highest BCUT2D eigenvalue weighted by Gasteiger charge is 2.53. The molecular weight excluding hydrogens is 430 g/mol. The molecule has 3 heterocycles. The first-order chi connectivity index (χ1) is 15.9. The molecule has 33 heavy (non-hydrogen) atoms. The Balaban J connectivity index is 1.43. The van der Waals surface area contributed by atoms with Gasteiger partial charge in [-0.15, -0.1) is 11.3 Å². The Morgan fingerprint density at radius 2 is 1.85 bits per heavy atom. The van der Waals surface area contributed by atoms with Crippen molar-refractivity contribution >= 4 is 23.2 Å². The molecule has 4 rings (SSSR count). The minimum Gasteiger partial charge on any atom is -0.342 e. The first-order valence-corrected chi connectivity index (χ1v) is 13.3. The van der Waals surface area contributed by atoms with Gasteiger partial charge < -0.3 is 10.2 Å². The second-order valence-electron chi connectivity index (χ2n) is 9.97. The van der Waals surface area contributed by atoms with Crippen LogP contribution >= 0.6 is 11.3 Å². The highest BCUT2D eigenvalue weighted by Crippen LogP contribution is 2.35. The summed E-state index contributed by atoms with van der Waals surface area (Å²) in [7, 11) is 0. The van der Waals surface area contributed by atoms with E-state index in [1.165, 1.54) is 16.0 Å². The zero-order valence-corrected chi connectivity index (χ0v) is 21.0. The van der Waals surface area contributed by atoms with Gasteiger partial charge in [0.05, 0.1) is 0 Å². The predicted molar refractivity (Wildman–Crippen MR) is 135 cm³/mol. The Bertz CT molecular complexity index is 947. The van der Waals surface area contributed by atoms with Crippen molar-refractivity contribution in [2.45, 2.75) is 71.0 Å². The molecule has 1 aromatic heterocycles. The maximum atomic E-state index is 13.4. The van der Waals surface area contributed by atoms with Gasteiger partial charge in [0.25, 0.3) is 0 Å². The molecule has 2 aliphatic rings. The zero-order valence-electron chi connectivity index (χ0n) is 20.2. The van der Waals surface area contributed by atoms with E-state index in [9.17, 15) is 9.59 Å². The number of nitrogens with one attached hydrogen (secondary N) is 1. The van der Waals surface area contributed by atoms with Crippen molar-refractivity contribution in [3.63, 3.8) is 0 Å². The molecule has 2 aromatic rings. The van der Waals surface area contributed by atoms with E-state index in [0.717, 1.165) is 32.5 Å². The average molecular weight is 468 g/mol. The molecule has 0 unspecified atom stereocenters. The van der Waals surface area contributed by atoms with Crippen molar-refractivity contribution in [2.24, 2.45) is 5.92 Å². The number of likely N-dealkylation sites (tertiary alicyclic amines) is 1. The molecule has 2 fully saturated rings. The van der Waals surface area contributed by atoms with E-state index in [2.05, 4.69) is 66.7 Å².